The molecule has 1 rings (SSSR count). The van der Waals surface area contributed by atoms with Crippen molar-refractivity contribution in [2.24, 2.45) is 5.73 Å². The molecule has 0 unspecified atom stereocenters. The van der Waals surface area contributed by atoms with E-state index in [0.29, 0.717) is 6.42 Å². The summed E-state index contributed by atoms with van der Waals surface area (Å²) in [7, 11) is -3.22. The van der Waals surface area contributed by atoms with Crippen molar-refractivity contribution in [3.63, 3.8) is 0 Å². The predicted molar refractivity (Wildman–Crippen MR) is 74.0 cm³/mol. The van der Waals surface area contributed by atoms with Crippen molar-refractivity contribution in [3.05, 3.63) is 35.9 Å². The Morgan fingerprint density at radius 1 is 1.26 bits per heavy atom. The molecular formula is C12H19N3O3S. The number of nitrogens with one attached hydrogen (secondary N) is 2. The van der Waals surface area contributed by atoms with Gasteiger partial charge in [-0.1, -0.05) is 30.3 Å². The number of amides is 1. The molecule has 0 saturated heterocycles. The van der Waals surface area contributed by atoms with Crippen LogP contribution in [0.25, 0.3) is 0 Å². The summed E-state index contributed by atoms with van der Waals surface area (Å²) in [6.45, 7) is 0.372. The second-order valence-corrected chi connectivity index (χ2v) is 6.09. The quantitative estimate of drug-likeness (QED) is 0.572. The fraction of sp³-hybridized carbons (Fsp3) is 0.417. The standard InChI is InChI=1S/C12H19N3O3S/c1-19(17,18)15-8-7-14-12(16)11(13)9-10-5-3-2-4-6-10/h2-6,11,15H,7-9,13H2,1H3,(H,14,16)/t11-/m0/s1. The minimum Gasteiger partial charge on any atom is -0.353 e. The topological polar surface area (TPSA) is 101 Å². The van der Waals surface area contributed by atoms with Crippen LogP contribution in [0.2, 0.25) is 0 Å². The van der Waals surface area contributed by atoms with Gasteiger partial charge in [-0.05, 0) is 12.0 Å². The van der Waals surface area contributed by atoms with Crippen molar-refractivity contribution in [2.45, 2.75) is 12.5 Å². The summed E-state index contributed by atoms with van der Waals surface area (Å²) in [5, 5.41) is 2.58. The molecule has 0 saturated carbocycles. The Kier molecular flexibility index (Phi) is 5.94. The van der Waals surface area contributed by atoms with Gasteiger partial charge >= 0.3 is 0 Å². The fourth-order valence-corrected chi connectivity index (χ4v) is 1.99. The van der Waals surface area contributed by atoms with Crippen molar-refractivity contribution >= 4 is 15.9 Å². The summed E-state index contributed by atoms with van der Waals surface area (Å²) >= 11 is 0. The molecule has 7 heteroatoms. The molecule has 0 fully saturated rings. The molecule has 0 radical (unpaired) electrons. The van der Waals surface area contributed by atoms with E-state index >= 15 is 0 Å². The van der Waals surface area contributed by atoms with Gasteiger partial charge in [0.05, 0.1) is 12.3 Å². The molecule has 4 N–H and O–H groups in total. The van der Waals surface area contributed by atoms with Gasteiger partial charge in [-0.3, -0.25) is 4.79 Å². The molecule has 0 aliphatic rings. The predicted octanol–water partition coefficient (Wildman–Crippen LogP) is -0.778. The lowest BCUT2D eigenvalue weighted by atomic mass is 10.1. The van der Waals surface area contributed by atoms with Crippen LogP contribution in [-0.2, 0) is 21.2 Å². The van der Waals surface area contributed by atoms with Crippen LogP contribution in [0.1, 0.15) is 5.56 Å². The molecular weight excluding hydrogens is 266 g/mol. The first kappa shape index (κ1) is 15.6. The highest BCUT2D eigenvalue weighted by Gasteiger charge is 2.13. The van der Waals surface area contributed by atoms with Crippen LogP contribution in [-0.4, -0.2) is 39.7 Å². The van der Waals surface area contributed by atoms with Gasteiger partial charge in [-0.25, -0.2) is 13.1 Å². The minimum absolute atomic E-state index is 0.155. The molecule has 0 aromatic heterocycles. The first-order valence-corrected chi connectivity index (χ1v) is 7.79. The zero-order chi connectivity index (χ0) is 14.3. The Labute approximate surface area is 113 Å². The molecule has 0 aliphatic heterocycles. The highest BCUT2D eigenvalue weighted by Crippen LogP contribution is 2.01. The van der Waals surface area contributed by atoms with Crippen LogP contribution in [0, 0.1) is 0 Å². The highest BCUT2D eigenvalue weighted by atomic mass is 32.2. The van der Waals surface area contributed by atoms with Gasteiger partial charge in [-0.2, -0.15) is 0 Å². The summed E-state index contributed by atoms with van der Waals surface area (Å²) in [4.78, 5) is 11.7. The number of rotatable bonds is 7. The van der Waals surface area contributed by atoms with Gasteiger partial charge in [0.2, 0.25) is 15.9 Å². The van der Waals surface area contributed by atoms with E-state index in [2.05, 4.69) is 10.0 Å². The summed E-state index contributed by atoms with van der Waals surface area (Å²) in [5.74, 6) is -0.292. The normalized spacial score (nSPS) is 12.9. The second kappa shape index (κ2) is 7.22. The highest BCUT2D eigenvalue weighted by molar-refractivity contribution is 7.88. The average molecular weight is 285 g/mol. The summed E-state index contributed by atoms with van der Waals surface area (Å²) < 4.78 is 23.9. The Bertz CT molecular complexity index is 502. The molecule has 0 aliphatic carbocycles. The van der Waals surface area contributed by atoms with Crippen LogP contribution in [0.5, 0.6) is 0 Å². The second-order valence-electron chi connectivity index (χ2n) is 4.25. The van der Waals surface area contributed by atoms with Crippen molar-refractivity contribution in [1.29, 1.82) is 0 Å². The van der Waals surface area contributed by atoms with Crippen molar-refractivity contribution in [1.82, 2.24) is 10.0 Å². The summed E-state index contributed by atoms with van der Waals surface area (Å²) in [6, 6.07) is 8.83. The molecule has 0 bridgehead atoms. The third-order valence-corrected chi connectivity index (χ3v) is 3.15. The average Bonchev–Trinajstić information content (AvgIpc) is 2.34. The number of hydrogen-bond acceptors (Lipinski definition) is 4. The van der Waals surface area contributed by atoms with E-state index in [1.54, 1.807) is 0 Å². The number of carbonyl (C=O) groups excluding carboxylic acids is 1. The Morgan fingerprint density at radius 2 is 1.89 bits per heavy atom. The zero-order valence-electron chi connectivity index (χ0n) is 10.8. The monoisotopic (exact) mass is 285 g/mol. The largest absolute Gasteiger partial charge is 0.353 e. The van der Waals surface area contributed by atoms with Gasteiger partial charge in [0, 0.05) is 13.1 Å². The molecule has 1 atom stereocenters. The molecule has 106 valence electrons. The molecule has 0 spiro atoms. The number of hydrogen-bond donors (Lipinski definition) is 3. The lowest BCUT2D eigenvalue weighted by Crippen LogP contribution is -2.44. The molecule has 1 aromatic rings. The Morgan fingerprint density at radius 3 is 2.47 bits per heavy atom. The first-order valence-electron chi connectivity index (χ1n) is 5.90. The smallest absolute Gasteiger partial charge is 0.237 e. The number of benzene rings is 1. The molecule has 6 nitrogen and oxygen atoms in total. The summed E-state index contributed by atoms with van der Waals surface area (Å²) in [6.07, 6.45) is 1.52. The maximum absolute atomic E-state index is 11.7. The zero-order valence-corrected chi connectivity index (χ0v) is 11.6. The number of carbonyl (C=O) groups is 1. The van der Waals surface area contributed by atoms with Crippen LogP contribution in [0.4, 0.5) is 0 Å². The van der Waals surface area contributed by atoms with Gasteiger partial charge in [-0.15, -0.1) is 0 Å². The van der Waals surface area contributed by atoms with Crippen molar-refractivity contribution < 1.29 is 13.2 Å². The van der Waals surface area contributed by atoms with E-state index in [0.717, 1.165) is 11.8 Å². The fourth-order valence-electron chi connectivity index (χ4n) is 1.51. The van der Waals surface area contributed by atoms with E-state index < -0.39 is 16.1 Å². The minimum atomic E-state index is -3.22. The third-order valence-electron chi connectivity index (χ3n) is 2.42. The van der Waals surface area contributed by atoms with Crippen LogP contribution in [0.3, 0.4) is 0 Å². The van der Waals surface area contributed by atoms with Crippen LogP contribution < -0.4 is 15.8 Å². The van der Waals surface area contributed by atoms with Crippen molar-refractivity contribution in [2.75, 3.05) is 19.3 Å². The maximum Gasteiger partial charge on any atom is 0.237 e. The van der Waals surface area contributed by atoms with Crippen LogP contribution >= 0.6 is 0 Å². The maximum atomic E-state index is 11.7. The molecule has 1 aromatic carbocycles. The van der Waals surface area contributed by atoms with E-state index in [9.17, 15) is 13.2 Å². The molecule has 19 heavy (non-hydrogen) atoms. The summed E-state index contributed by atoms with van der Waals surface area (Å²) in [5.41, 5.74) is 6.75. The van der Waals surface area contributed by atoms with E-state index in [1.807, 2.05) is 30.3 Å². The van der Waals surface area contributed by atoms with Gasteiger partial charge in [0.25, 0.3) is 0 Å². The van der Waals surface area contributed by atoms with Crippen molar-refractivity contribution in [3.8, 4) is 0 Å². The Hall–Kier alpha value is -1.44. The third kappa shape index (κ3) is 6.90. The van der Waals surface area contributed by atoms with E-state index in [-0.39, 0.29) is 19.0 Å². The van der Waals surface area contributed by atoms with E-state index in [4.69, 9.17) is 5.73 Å². The van der Waals surface area contributed by atoms with Gasteiger partial charge < -0.3 is 11.1 Å². The Balaban J connectivity index is 2.29. The first-order chi connectivity index (χ1) is 8.88. The van der Waals surface area contributed by atoms with Crippen LogP contribution in [0.15, 0.2) is 30.3 Å². The van der Waals surface area contributed by atoms with E-state index in [1.165, 1.54) is 0 Å². The number of sulfonamides is 1. The SMILES string of the molecule is CS(=O)(=O)NCCNC(=O)[C@@H](N)Cc1ccccc1. The lowest BCUT2D eigenvalue weighted by molar-refractivity contribution is -0.122. The number of nitrogens with two attached hydrogens (primary N) is 1. The molecule has 1 amide bonds. The van der Waals surface area contributed by atoms with Gasteiger partial charge in [0.1, 0.15) is 0 Å². The van der Waals surface area contributed by atoms with Gasteiger partial charge in [0.15, 0.2) is 0 Å². The molecule has 0 heterocycles. The lowest BCUT2D eigenvalue weighted by Gasteiger charge is -2.12.